The van der Waals surface area contributed by atoms with Crippen LogP contribution in [0.4, 0.5) is 4.79 Å². The van der Waals surface area contributed by atoms with Crippen molar-refractivity contribution >= 4 is 17.4 Å². The third-order valence-electron chi connectivity index (χ3n) is 5.23. The smallest absolute Gasteiger partial charge is 0.317 e. The minimum atomic E-state index is 0.0480. The number of likely N-dealkylation sites (tertiary alicyclic amines) is 1. The minimum absolute atomic E-state index is 0.0480. The zero-order valence-electron chi connectivity index (χ0n) is 15.0. The summed E-state index contributed by atoms with van der Waals surface area (Å²) in [5.41, 5.74) is 0. The maximum absolute atomic E-state index is 12.6. The summed E-state index contributed by atoms with van der Waals surface area (Å²) in [6.07, 6.45) is 8.44. The average Bonchev–Trinajstić information content (AvgIpc) is 3.18. The quantitative estimate of drug-likeness (QED) is 0.801. The number of carbonyl (C=O) groups excluding carboxylic acids is 1. The lowest BCUT2D eigenvalue weighted by molar-refractivity contribution is 0.147. The van der Waals surface area contributed by atoms with Crippen LogP contribution in [0.25, 0.3) is 0 Å². The van der Waals surface area contributed by atoms with E-state index in [1.807, 2.05) is 4.90 Å². The van der Waals surface area contributed by atoms with E-state index < -0.39 is 0 Å². The second-order valence-corrected chi connectivity index (χ2v) is 8.30. The Balaban J connectivity index is 1.24. The minimum Gasteiger partial charge on any atom is -0.339 e. The number of nitrogens with zero attached hydrogens (tertiary/aromatic N) is 3. The molecular formula is C19H26N4O2S. The molecule has 1 aliphatic heterocycles. The van der Waals surface area contributed by atoms with Crippen LogP contribution in [0.2, 0.25) is 0 Å². The monoisotopic (exact) mass is 374 g/mol. The molecule has 2 aromatic rings. The molecule has 140 valence electrons. The lowest BCUT2D eigenvalue weighted by Crippen LogP contribution is -2.49. The summed E-state index contributed by atoms with van der Waals surface area (Å²) in [7, 11) is 0. The topological polar surface area (TPSA) is 71.3 Å². The van der Waals surface area contributed by atoms with Crippen molar-refractivity contribution in [3.63, 3.8) is 0 Å². The maximum atomic E-state index is 12.6. The number of rotatable bonds is 7. The number of nitrogens with one attached hydrogen (secondary N) is 1. The van der Waals surface area contributed by atoms with E-state index in [0.29, 0.717) is 30.7 Å². The fraction of sp³-hybridized carbons (Fsp3) is 0.632. The van der Waals surface area contributed by atoms with Gasteiger partial charge in [0.15, 0.2) is 5.82 Å². The summed E-state index contributed by atoms with van der Waals surface area (Å²) >= 11 is 1.80. The van der Waals surface area contributed by atoms with Gasteiger partial charge in [-0.1, -0.05) is 11.2 Å². The Bertz CT molecular complexity index is 711. The summed E-state index contributed by atoms with van der Waals surface area (Å²) in [4.78, 5) is 20.5. The molecule has 0 bridgehead atoms. The summed E-state index contributed by atoms with van der Waals surface area (Å²) in [5.74, 6) is 1.93. The van der Waals surface area contributed by atoms with E-state index in [9.17, 15) is 4.79 Å². The van der Waals surface area contributed by atoms with E-state index in [0.717, 1.165) is 51.0 Å². The van der Waals surface area contributed by atoms with Gasteiger partial charge in [-0.2, -0.15) is 4.98 Å². The molecule has 1 atom stereocenters. The Morgan fingerprint density at radius 2 is 2.23 bits per heavy atom. The van der Waals surface area contributed by atoms with Crippen molar-refractivity contribution in [3.05, 3.63) is 34.1 Å². The largest absolute Gasteiger partial charge is 0.339 e. The van der Waals surface area contributed by atoms with Gasteiger partial charge in [0.25, 0.3) is 0 Å². The van der Waals surface area contributed by atoms with Gasteiger partial charge in [0.05, 0.1) is 0 Å². The van der Waals surface area contributed by atoms with Crippen molar-refractivity contribution in [1.82, 2.24) is 20.4 Å². The number of piperidine rings is 1. The van der Waals surface area contributed by atoms with Gasteiger partial charge in [-0.3, -0.25) is 0 Å². The molecule has 2 aromatic heterocycles. The zero-order chi connectivity index (χ0) is 17.8. The number of carbonyl (C=O) groups is 1. The molecule has 1 aliphatic carbocycles. The molecule has 3 heterocycles. The Hall–Kier alpha value is -1.89. The number of thiophene rings is 1. The van der Waals surface area contributed by atoms with E-state index in [2.05, 4.69) is 33.0 Å². The predicted molar refractivity (Wildman–Crippen MR) is 100 cm³/mol. The SMILES string of the molecule is O=C(NCCc1noc(C2CC2)n1)N1CCCCC1CCc1cccs1. The van der Waals surface area contributed by atoms with Crippen LogP contribution >= 0.6 is 11.3 Å². The molecule has 2 fully saturated rings. The third-order valence-corrected chi connectivity index (χ3v) is 6.16. The lowest BCUT2D eigenvalue weighted by atomic mass is 9.98. The van der Waals surface area contributed by atoms with Crippen LogP contribution in [0.15, 0.2) is 22.0 Å². The van der Waals surface area contributed by atoms with Crippen molar-refractivity contribution in [2.75, 3.05) is 13.1 Å². The molecule has 1 unspecified atom stereocenters. The van der Waals surface area contributed by atoms with Crippen molar-refractivity contribution in [2.45, 2.75) is 63.3 Å². The van der Waals surface area contributed by atoms with Gasteiger partial charge in [-0.15, -0.1) is 11.3 Å². The van der Waals surface area contributed by atoms with Crippen molar-refractivity contribution in [3.8, 4) is 0 Å². The van der Waals surface area contributed by atoms with Crippen LogP contribution < -0.4 is 5.32 Å². The molecule has 1 saturated heterocycles. The average molecular weight is 375 g/mol. The number of hydrogen-bond donors (Lipinski definition) is 1. The van der Waals surface area contributed by atoms with Crippen LogP contribution in [0.5, 0.6) is 0 Å². The van der Waals surface area contributed by atoms with Gasteiger partial charge in [0.1, 0.15) is 0 Å². The van der Waals surface area contributed by atoms with Crippen LogP contribution in [0.3, 0.4) is 0 Å². The molecule has 7 heteroatoms. The first kappa shape index (κ1) is 17.5. The van der Waals surface area contributed by atoms with Gasteiger partial charge in [-0.25, -0.2) is 4.79 Å². The molecule has 0 radical (unpaired) electrons. The number of urea groups is 1. The molecule has 6 nitrogen and oxygen atoms in total. The molecule has 0 spiro atoms. The van der Waals surface area contributed by atoms with E-state index in [1.54, 1.807) is 11.3 Å². The van der Waals surface area contributed by atoms with E-state index in [4.69, 9.17) is 4.52 Å². The fourth-order valence-corrected chi connectivity index (χ4v) is 4.30. The summed E-state index contributed by atoms with van der Waals surface area (Å²) in [5, 5.41) is 9.17. The van der Waals surface area contributed by atoms with E-state index in [-0.39, 0.29) is 6.03 Å². The highest BCUT2D eigenvalue weighted by molar-refractivity contribution is 7.09. The van der Waals surface area contributed by atoms with Crippen molar-refractivity contribution in [1.29, 1.82) is 0 Å². The van der Waals surface area contributed by atoms with Gasteiger partial charge >= 0.3 is 6.03 Å². The molecule has 0 aromatic carbocycles. The van der Waals surface area contributed by atoms with E-state index in [1.165, 1.54) is 11.3 Å². The molecule has 4 rings (SSSR count). The summed E-state index contributed by atoms with van der Waals surface area (Å²) < 4.78 is 5.26. The molecular weight excluding hydrogens is 348 g/mol. The van der Waals surface area contributed by atoms with Gasteiger partial charge < -0.3 is 14.7 Å². The Morgan fingerprint density at radius 3 is 3.04 bits per heavy atom. The highest BCUT2D eigenvalue weighted by Gasteiger charge is 2.30. The zero-order valence-corrected chi connectivity index (χ0v) is 15.8. The lowest BCUT2D eigenvalue weighted by Gasteiger charge is -2.35. The van der Waals surface area contributed by atoms with Crippen LogP contribution in [-0.2, 0) is 12.8 Å². The van der Waals surface area contributed by atoms with Gasteiger partial charge in [0.2, 0.25) is 5.89 Å². The predicted octanol–water partition coefficient (Wildman–Crippen LogP) is 3.75. The molecule has 2 amide bonds. The molecule has 1 saturated carbocycles. The fourth-order valence-electron chi connectivity index (χ4n) is 3.58. The third kappa shape index (κ3) is 4.44. The second kappa shape index (κ2) is 8.20. The highest BCUT2D eigenvalue weighted by Crippen LogP contribution is 2.38. The standard InChI is InChI=1S/C19H26N4O2S/c24-19(20-11-10-17-21-18(25-22-17)14-6-7-14)23-12-2-1-4-15(23)8-9-16-5-3-13-26-16/h3,5,13-15H,1-2,4,6-12H2,(H,20,24). The van der Waals surface area contributed by atoms with Crippen LogP contribution in [0.1, 0.15) is 61.0 Å². The molecule has 2 aliphatic rings. The van der Waals surface area contributed by atoms with Crippen LogP contribution in [-0.4, -0.2) is 40.2 Å². The maximum Gasteiger partial charge on any atom is 0.317 e. The van der Waals surface area contributed by atoms with E-state index >= 15 is 0 Å². The summed E-state index contributed by atoms with van der Waals surface area (Å²) in [6, 6.07) is 4.67. The first-order valence-electron chi connectivity index (χ1n) is 9.69. The van der Waals surface area contributed by atoms with Gasteiger partial charge in [0, 0.05) is 36.3 Å². The number of aromatic nitrogens is 2. The number of aryl methyl sites for hydroxylation is 1. The normalized spacial score (nSPS) is 20.3. The first-order valence-corrected chi connectivity index (χ1v) is 10.6. The molecule has 26 heavy (non-hydrogen) atoms. The molecule has 1 N–H and O–H groups in total. The summed E-state index contributed by atoms with van der Waals surface area (Å²) in [6.45, 7) is 1.41. The number of hydrogen-bond acceptors (Lipinski definition) is 5. The second-order valence-electron chi connectivity index (χ2n) is 7.27. The highest BCUT2D eigenvalue weighted by atomic mass is 32.1. The van der Waals surface area contributed by atoms with Crippen molar-refractivity contribution < 1.29 is 9.32 Å². The van der Waals surface area contributed by atoms with Crippen LogP contribution in [0, 0.1) is 0 Å². The van der Waals surface area contributed by atoms with Gasteiger partial charge in [-0.05, 0) is 56.4 Å². The Labute approximate surface area is 158 Å². The van der Waals surface area contributed by atoms with Crippen molar-refractivity contribution in [2.24, 2.45) is 0 Å². The first-order chi connectivity index (χ1) is 12.8. The Morgan fingerprint density at radius 1 is 1.31 bits per heavy atom. The Kier molecular flexibility index (Phi) is 5.53. The number of amides is 2.